The highest BCUT2D eigenvalue weighted by molar-refractivity contribution is 9.11. The van der Waals surface area contributed by atoms with Gasteiger partial charge < -0.3 is 0 Å². The molecule has 2 aromatic rings. The Hall–Kier alpha value is 0.460. The van der Waals surface area contributed by atoms with Crippen molar-refractivity contribution in [3.63, 3.8) is 0 Å². The Balaban J connectivity index is 2.36. The zero-order chi connectivity index (χ0) is 11.0. The molecule has 1 atom stereocenters. The van der Waals surface area contributed by atoms with Crippen molar-refractivity contribution in [2.24, 2.45) is 0 Å². The number of aryl methyl sites for hydroxylation is 1. The molecule has 5 heteroatoms. The average Bonchev–Trinajstić information content (AvgIpc) is 2.74. The first kappa shape index (κ1) is 11.9. The molecular weight excluding hydrogens is 335 g/mol. The first-order valence-electron chi connectivity index (χ1n) is 4.22. The molecule has 0 aromatic carbocycles. The van der Waals surface area contributed by atoms with Crippen molar-refractivity contribution in [3.8, 4) is 0 Å². The summed E-state index contributed by atoms with van der Waals surface area (Å²) in [4.78, 5) is 2.28. The quantitative estimate of drug-likeness (QED) is 0.600. The van der Waals surface area contributed by atoms with Crippen LogP contribution in [0.15, 0.2) is 21.3 Å². The van der Waals surface area contributed by atoms with E-state index in [0.29, 0.717) is 0 Å². The van der Waals surface area contributed by atoms with E-state index in [0.717, 1.165) is 13.7 Å². The average molecular weight is 342 g/mol. The highest BCUT2D eigenvalue weighted by Crippen LogP contribution is 2.42. The maximum Gasteiger partial charge on any atom is 0.102 e. The SMILES string of the molecule is Cc1ccsc1C(Cl)c1cc(Cl)c(Br)s1. The van der Waals surface area contributed by atoms with E-state index in [1.165, 1.54) is 10.4 Å². The van der Waals surface area contributed by atoms with Crippen molar-refractivity contribution in [2.75, 3.05) is 0 Å². The summed E-state index contributed by atoms with van der Waals surface area (Å²) in [5.41, 5.74) is 1.24. The molecule has 0 saturated carbocycles. The number of halogens is 3. The summed E-state index contributed by atoms with van der Waals surface area (Å²) in [6.45, 7) is 2.07. The molecule has 1 unspecified atom stereocenters. The van der Waals surface area contributed by atoms with Gasteiger partial charge in [-0.25, -0.2) is 0 Å². The fraction of sp³-hybridized carbons (Fsp3) is 0.200. The zero-order valence-corrected chi connectivity index (χ0v) is 12.5. The lowest BCUT2D eigenvalue weighted by molar-refractivity contribution is 1.20. The fourth-order valence-corrected chi connectivity index (χ4v) is 4.51. The Morgan fingerprint density at radius 1 is 1.47 bits per heavy atom. The highest BCUT2D eigenvalue weighted by atomic mass is 79.9. The maximum atomic E-state index is 6.40. The van der Waals surface area contributed by atoms with Crippen LogP contribution < -0.4 is 0 Å². The Labute approximate surface area is 115 Å². The van der Waals surface area contributed by atoms with Crippen LogP contribution >= 0.6 is 61.8 Å². The monoisotopic (exact) mass is 340 g/mol. The molecule has 2 heterocycles. The number of rotatable bonds is 2. The van der Waals surface area contributed by atoms with Crippen LogP contribution in [0.4, 0.5) is 0 Å². The summed E-state index contributed by atoms with van der Waals surface area (Å²) in [6, 6.07) is 4.01. The van der Waals surface area contributed by atoms with Gasteiger partial charge in [0, 0.05) is 9.75 Å². The number of hydrogen-bond acceptors (Lipinski definition) is 2. The Bertz CT molecular complexity index is 456. The second kappa shape index (κ2) is 4.76. The lowest BCUT2D eigenvalue weighted by Crippen LogP contribution is -1.87. The van der Waals surface area contributed by atoms with Crippen molar-refractivity contribution in [3.05, 3.63) is 41.6 Å². The summed E-state index contributed by atoms with van der Waals surface area (Å²) < 4.78 is 0.944. The van der Waals surface area contributed by atoms with Gasteiger partial charge >= 0.3 is 0 Å². The van der Waals surface area contributed by atoms with Crippen LogP contribution in [0.25, 0.3) is 0 Å². The van der Waals surface area contributed by atoms with E-state index in [-0.39, 0.29) is 5.38 Å². The van der Waals surface area contributed by atoms with E-state index in [9.17, 15) is 0 Å². The van der Waals surface area contributed by atoms with E-state index < -0.39 is 0 Å². The van der Waals surface area contributed by atoms with Crippen molar-refractivity contribution < 1.29 is 0 Å². The van der Waals surface area contributed by atoms with Crippen LogP contribution in [0.2, 0.25) is 5.02 Å². The number of hydrogen-bond donors (Lipinski definition) is 0. The Kier molecular flexibility index (Phi) is 3.79. The minimum Gasteiger partial charge on any atom is -0.147 e. The summed E-state index contributed by atoms with van der Waals surface area (Å²) >= 11 is 19.1. The fourth-order valence-electron chi connectivity index (χ4n) is 1.26. The highest BCUT2D eigenvalue weighted by Gasteiger charge is 2.18. The number of thiophene rings is 2. The van der Waals surface area contributed by atoms with Crippen molar-refractivity contribution in [1.29, 1.82) is 0 Å². The van der Waals surface area contributed by atoms with E-state index in [1.54, 1.807) is 22.7 Å². The summed E-state index contributed by atoms with van der Waals surface area (Å²) in [5.74, 6) is 0. The summed E-state index contributed by atoms with van der Waals surface area (Å²) in [6.07, 6.45) is 0. The molecule has 0 nitrogen and oxygen atoms in total. The molecule has 0 bridgehead atoms. The lowest BCUT2D eigenvalue weighted by Gasteiger charge is -2.05. The Morgan fingerprint density at radius 3 is 2.67 bits per heavy atom. The van der Waals surface area contributed by atoms with Crippen LogP contribution in [0.1, 0.15) is 20.7 Å². The normalized spacial score (nSPS) is 13.1. The van der Waals surface area contributed by atoms with Crippen molar-refractivity contribution in [1.82, 2.24) is 0 Å². The van der Waals surface area contributed by atoms with Crippen LogP contribution in [-0.2, 0) is 0 Å². The second-order valence-corrected chi connectivity index (χ2v) is 7.29. The molecule has 0 amide bonds. The third-order valence-electron chi connectivity index (χ3n) is 2.05. The van der Waals surface area contributed by atoms with Gasteiger partial charge in [0.05, 0.1) is 8.81 Å². The zero-order valence-electron chi connectivity index (χ0n) is 7.76. The minimum atomic E-state index is -0.0844. The summed E-state index contributed by atoms with van der Waals surface area (Å²) in [7, 11) is 0. The number of alkyl halides is 1. The third-order valence-corrected chi connectivity index (χ3v) is 6.38. The molecule has 0 radical (unpaired) electrons. The first-order valence-corrected chi connectivity index (χ1v) is 7.52. The molecule has 0 aliphatic carbocycles. The van der Waals surface area contributed by atoms with Gasteiger partial charge in [0.2, 0.25) is 0 Å². The molecule has 80 valence electrons. The first-order chi connectivity index (χ1) is 7.09. The molecule has 0 aliphatic heterocycles. The largest absolute Gasteiger partial charge is 0.147 e. The molecule has 0 spiro atoms. The molecule has 0 N–H and O–H groups in total. The van der Waals surface area contributed by atoms with Gasteiger partial charge in [-0.05, 0) is 45.9 Å². The standard InChI is InChI=1S/C10H7BrCl2S2/c1-5-2-3-14-9(5)8(13)7-4-6(12)10(11)15-7/h2-4,8H,1H3. The van der Waals surface area contributed by atoms with Crippen molar-refractivity contribution in [2.45, 2.75) is 12.3 Å². The smallest absolute Gasteiger partial charge is 0.102 e. The van der Waals surface area contributed by atoms with Gasteiger partial charge in [-0.15, -0.1) is 34.3 Å². The van der Waals surface area contributed by atoms with E-state index in [4.69, 9.17) is 23.2 Å². The summed E-state index contributed by atoms with van der Waals surface area (Å²) in [5, 5.41) is 2.71. The molecule has 0 saturated heterocycles. The Morgan fingerprint density at radius 2 is 2.20 bits per heavy atom. The minimum absolute atomic E-state index is 0.0844. The maximum absolute atomic E-state index is 6.40. The molecule has 2 rings (SSSR count). The predicted molar refractivity (Wildman–Crippen MR) is 73.8 cm³/mol. The van der Waals surface area contributed by atoms with Gasteiger partial charge in [0.1, 0.15) is 5.38 Å². The van der Waals surface area contributed by atoms with Crippen LogP contribution in [0.5, 0.6) is 0 Å². The van der Waals surface area contributed by atoms with Gasteiger partial charge in [0.15, 0.2) is 0 Å². The van der Waals surface area contributed by atoms with Gasteiger partial charge in [-0.3, -0.25) is 0 Å². The van der Waals surface area contributed by atoms with Crippen LogP contribution in [0.3, 0.4) is 0 Å². The third kappa shape index (κ3) is 2.42. The molecule has 0 aliphatic rings. The van der Waals surface area contributed by atoms with Crippen LogP contribution in [-0.4, -0.2) is 0 Å². The molecule has 2 aromatic heterocycles. The van der Waals surface area contributed by atoms with Gasteiger partial charge in [-0.1, -0.05) is 11.6 Å². The van der Waals surface area contributed by atoms with Gasteiger partial charge in [0.25, 0.3) is 0 Å². The van der Waals surface area contributed by atoms with E-state index in [2.05, 4.69) is 34.3 Å². The molecular formula is C10H7BrCl2S2. The predicted octanol–water partition coefficient (Wildman–Crippen LogP) is 5.86. The molecule has 15 heavy (non-hydrogen) atoms. The molecule has 0 fully saturated rings. The van der Waals surface area contributed by atoms with E-state index >= 15 is 0 Å². The van der Waals surface area contributed by atoms with Gasteiger partial charge in [-0.2, -0.15) is 0 Å². The van der Waals surface area contributed by atoms with Crippen molar-refractivity contribution >= 4 is 61.8 Å². The van der Waals surface area contributed by atoms with Crippen LogP contribution in [0, 0.1) is 6.92 Å². The lowest BCUT2D eigenvalue weighted by atomic mass is 10.2. The van der Waals surface area contributed by atoms with E-state index in [1.807, 2.05) is 6.07 Å². The second-order valence-electron chi connectivity index (χ2n) is 3.10. The topological polar surface area (TPSA) is 0 Å².